The molecule has 0 radical (unpaired) electrons. The SMILES string of the molecule is CCCCCCCCCCCCC[C@@H]1OC(=O)[C@@]2(C[C@H]3C=C[C@@H]2C3)[C@@H]1C(=O)OC. The van der Waals surface area contributed by atoms with Crippen LogP contribution in [-0.2, 0) is 19.1 Å². The molecule has 0 aromatic rings. The average Bonchev–Trinajstić information content (AvgIpc) is 3.40. The molecule has 1 aliphatic heterocycles. The van der Waals surface area contributed by atoms with E-state index < -0.39 is 11.3 Å². The Kier molecular flexibility index (Phi) is 8.20. The summed E-state index contributed by atoms with van der Waals surface area (Å²) in [6, 6.07) is 0. The lowest BCUT2D eigenvalue weighted by molar-refractivity contribution is -0.154. The Morgan fingerprint density at radius 3 is 2.17 bits per heavy atom. The van der Waals surface area contributed by atoms with Crippen LogP contribution in [0.1, 0.15) is 96.8 Å². The van der Waals surface area contributed by atoms with Crippen LogP contribution in [0.4, 0.5) is 0 Å². The molecule has 0 amide bonds. The smallest absolute Gasteiger partial charge is 0.314 e. The second-order valence-electron chi connectivity index (χ2n) is 9.50. The van der Waals surface area contributed by atoms with Gasteiger partial charge in [-0.1, -0.05) is 83.3 Å². The first-order valence-electron chi connectivity index (χ1n) is 12.1. The molecule has 1 saturated heterocycles. The van der Waals surface area contributed by atoms with E-state index in [0.29, 0.717) is 5.92 Å². The highest BCUT2D eigenvalue weighted by Gasteiger charge is 2.67. The molecule has 4 heteroatoms. The Balaban J connectivity index is 1.39. The fraction of sp³-hybridized carbons (Fsp3) is 0.840. The van der Waals surface area contributed by atoms with Crippen molar-refractivity contribution in [2.75, 3.05) is 7.11 Å². The normalized spacial score (nSPS) is 32.3. The molecule has 4 nitrogen and oxygen atoms in total. The molecule has 2 bridgehead atoms. The number of allylic oxidation sites excluding steroid dienone is 2. The predicted molar refractivity (Wildman–Crippen MR) is 114 cm³/mol. The van der Waals surface area contributed by atoms with Gasteiger partial charge in [0.2, 0.25) is 0 Å². The number of fused-ring (bicyclic) bond motifs is 3. The minimum Gasteiger partial charge on any atom is -0.469 e. The van der Waals surface area contributed by atoms with E-state index in [9.17, 15) is 9.59 Å². The van der Waals surface area contributed by atoms with Crippen molar-refractivity contribution < 1.29 is 19.1 Å². The van der Waals surface area contributed by atoms with Crippen LogP contribution >= 0.6 is 0 Å². The van der Waals surface area contributed by atoms with Crippen LogP contribution in [0.2, 0.25) is 0 Å². The molecule has 3 rings (SSSR count). The van der Waals surface area contributed by atoms with Crippen molar-refractivity contribution in [3.8, 4) is 0 Å². The van der Waals surface area contributed by atoms with Gasteiger partial charge in [0, 0.05) is 0 Å². The summed E-state index contributed by atoms with van der Waals surface area (Å²) in [6.45, 7) is 2.26. The number of esters is 2. The van der Waals surface area contributed by atoms with Crippen LogP contribution in [0.15, 0.2) is 12.2 Å². The number of methoxy groups -OCH3 is 1. The molecular formula is C25H40O4. The van der Waals surface area contributed by atoms with Crippen molar-refractivity contribution in [2.45, 2.75) is 103 Å². The van der Waals surface area contributed by atoms with Gasteiger partial charge in [-0.2, -0.15) is 0 Å². The number of carbonyl (C=O) groups is 2. The first-order valence-corrected chi connectivity index (χ1v) is 12.1. The van der Waals surface area contributed by atoms with E-state index in [0.717, 1.165) is 32.1 Å². The zero-order valence-corrected chi connectivity index (χ0v) is 18.5. The number of unbranched alkanes of at least 4 members (excludes halogenated alkanes) is 10. The molecular weight excluding hydrogens is 364 g/mol. The Hall–Kier alpha value is -1.32. The van der Waals surface area contributed by atoms with Gasteiger partial charge in [-0.25, -0.2) is 0 Å². The molecule has 2 aliphatic carbocycles. The number of ether oxygens (including phenoxy) is 2. The highest BCUT2D eigenvalue weighted by molar-refractivity contribution is 5.90. The Morgan fingerprint density at radius 1 is 1.03 bits per heavy atom. The Bertz CT molecular complexity index is 583. The number of cyclic esters (lactones) is 1. The number of hydrogen-bond acceptors (Lipinski definition) is 4. The Morgan fingerprint density at radius 2 is 1.66 bits per heavy atom. The Labute approximate surface area is 176 Å². The number of carbonyl (C=O) groups excluding carboxylic acids is 2. The first kappa shape index (κ1) is 22.4. The van der Waals surface area contributed by atoms with E-state index in [1.807, 2.05) is 0 Å². The zero-order chi connectivity index (χ0) is 20.7. The van der Waals surface area contributed by atoms with Crippen molar-refractivity contribution >= 4 is 11.9 Å². The van der Waals surface area contributed by atoms with E-state index in [2.05, 4.69) is 19.1 Å². The van der Waals surface area contributed by atoms with Crippen LogP contribution in [0, 0.1) is 23.2 Å². The summed E-state index contributed by atoms with van der Waals surface area (Å²) in [5, 5.41) is 0. The first-order chi connectivity index (χ1) is 14.1. The van der Waals surface area contributed by atoms with Gasteiger partial charge in [0.05, 0.1) is 12.5 Å². The van der Waals surface area contributed by atoms with Gasteiger partial charge in [0.15, 0.2) is 0 Å². The molecule has 5 atom stereocenters. The molecule has 0 N–H and O–H groups in total. The lowest BCUT2D eigenvalue weighted by atomic mass is 9.66. The predicted octanol–water partition coefficient (Wildman–Crippen LogP) is 5.98. The molecule has 2 fully saturated rings. The highest BCUT2D eigenvalue weighted by atomic mass is 16.6. The van der Waals surface area contributed by atoms with Gasteiger partial charge >= 0.3 is 11.9 Å². The van der Waals surface area contributed by atoms with Gasteiger partial charge in [-0.05, 0) is 37.5 Å². The summed E-state index contributed by atoms with van der Waals surface area (Å²) < 4.78 is 10.9. The van der Waals surface area contributed by atoms with Gasteiger partial charge in [-0.15, -0.1) is 0 Å². The summed E-state index contributed by atoms with van der Waals surface area (Å²) in [7, 11) is 1.43. The van der Waals surface area contributed by atoms with Gasteiger partial charge in [0.1, 0.15) is 12.0 Å². The summed E-state index contributed by atoms with van der Waals surface area (Å²) in [5.41, 5.74) is -0.658. The maximum atomic E-state index is 12.9. The summed E-state index contributed by atoms with van der Waals surface area (Å²) in [4.78, 5) is 25.5. The van der Waals surface area contributed by atoms with E-state index in [1.54, 1.807) is 0 Å². The van der Waals surface area contributed by atoms with Crippen molar-refractivity contribution in [1.82, 2.24) is 0 Å². The maximum Gasteiger partial charge on any atom is 0.314 e. The molecule has 0 aromatic carbocycles. The standard InChI is InChI=1S/C25H40O4/c1-3-4-5-6-7-8-9-10-11-12-13-14-21-22(23(26)28-2)25(24(27)29-21)18-19-15-16-20(25)17-19/h15-16,19-22H,3-14,17-18H2,1-2H3/t19-,20+,21-,22-,25+/m0/s1. The van der Waals surface area contributed by atoms with Gasteiger partial charge in [0.25, 0.3) is 0 Å². The summed E-state index contributed by atoms with van der Waals surface area (Å²) >= 11 is 0. The second-order valence-corrected chi connectivity index (χ2v) is 9.50. The monoisotopic (exact) mass is 404 g/mol. The van der Waals surface area contributed by atoms with Gasteiger partial charge < -0.3 is 9.47 Å². The maximum absolute atomic E-state index is 12.9. The van der Waals surface area contributed by atoms with Gasteiger partial charge in [-0.3, -0.25) is 9.59 Å². The van der Waals surface area contributed by atoms with Crippen LogP contribution in [0.5, 0.6) is 0 Å². The molecule has 0 aromatic heterocycles. The lowest BCUT2D eigenvalue weighted by Gasteiger charge is -2.32. The molecule has 1 saturated carbocycles. The third-order valence-corrected chi connectivity index (χ3v) is 7.55. The van der Waals surface area contributed by atoms with Crippen molar-refractivity contribution in [1.29, 1.82) is 0 Å². The van der Waals surface area contributed by atoms with E-state index in [1.165, 1.54) is 64.9 Å². The third kappa shape index (κ3) is 4.88. The number of rotatable bonds is 13. The molecule has 29 heavy (non-hydrogen) atoms. The topological polar surface area (TPSA) is 52.6 Å². The minimum atomic E-state index is -0.658. The van der Waals surface area contributed by atoms with Crippen LogP contribution in [0.25, 0.3) is 0 Å². The van der Waals surface area contributed by atoms with Crippen molar-refractivity contribution in [3.63, 3.8) is 0 Å². The van der Waals surface area contributed by atoms with Crippen LogP contribution < -0.4 is 0 Å². The quantitative estimate of drug-likeness (QED) is 0.215. The van der Waals surface area contributed by atoms with Crippen molar-refractivity contribution in [3.05, 3.63) is 12.2 Å². The second kappa shape index (κ2) is 10.6. The molecule has 3 aliphatic rings. The molecule has 1 spiro atoms. The van der Waals surface area contributed by atoms with E-state index >= 15 is 0 Å². The summed E-state index contributed by atoms with van der Waals surface area (Å²) in [6.07, 6.45) is 20.7. The van der Waals surface area contributed by atoms with E-state index in [-0.39, 0.29) is 24.0 Å². The van der Waals surface area contributed by atoms with Crippen molar-refractivity contribution in [2.24, 2.45) is 23.2 Å². The zero-order valence-electron chi connectivity index (χ0n) is 18.5. The summed E-state index contributed by atoms with van der Waals surface area (Å²) in [5.74, 6) is -0.280. The third-order valence-electron chi connectivity index (χ3n) is 7.55. The molecule has 164 valence electrons. The molecule has 0 unspecified atom stereocenters. The average molecular weight is 405 g/mol. The van der Waals surface area contributed by atoms with Crippen LogP contribution in [0.3, 0.4) is 0 Å². The molecule has 1 heterocycles. The lowest BCUT2D eigenvalue weighted by Crippen LogP contribution is -2.43. The fourth-order valence-corrected chi connectivity index (χ4v) is 5.98. The number of hydrogen-bond donors (Lipinski definition) is 0. The fourth-order valence-electron chi connectivity index (χ4n) is 5.98. The van der Waals surface area contributed by atoms with E-state index in [4.69, 9.17) is 9.47 Å². The largest absolute Gasteiger partial charge is 0.469 e. The highest BCUT2D eigenvalue weighted by Crippen LogP contribution is 2.61. The van der Waals surface area contributed by atoms with Crippen LogP contribution in [-0.4, -0.2) is 25.2 Å². The minimum absolute atomic E-state index is 0.145.